The van der Waals surface area contributed by atoms with Crippen LogP contribution in [0.4, 0.5) is 15.8 Å². The van der Waals surface area contributed by atoms with Gasteiger partial charge in [0.05, 0.1) is 11.8 Å². The van der Waals surface area contributed by atoms with Crippen molar-refractivity contribution in [1.82, 2.24) is 0 Å². The number of rotatable bonds is 4. The number of carbonyl (C=O) groups excluding carboxylic acids is 1. The molecule has 2 rings (SSSR count). The van der Waals surface area contributed by atoms with Crippen LogP contribution in [0.5, 0.6) is 5.75 Å². The van der Waals surface area contributed by atoms with Crippen LogP contribution in [0.2, 0.25) is 0 Å². The van der Waals surface area contributed by atoms with Crippen molar-refractivity contribution < 1.29 is 13.9 Å². The number of nitrogen functional groups attached to an aromatic ring is 1. The number of ether oxygens (including phenoxy) is 1. The number of anilines is 2. The van der Waals surface area contributed by atoms with Gasteiger partial charge in [0.15, 0.2) is 0 Å². The minimum absolute atomic E-state index is 0.0155. The highest BCUT2D eigenvalue weighted by Crippen LogP contribution is 2.18. The summed E-state index contributed by atoms with van der Waals surface area (Å²) in [6, 6.07) is 10.9. The predicted molar refractivity (Wildman–Crippen MR) is 81.0 cm³/mol. The fourth-order valence-corrected chi connectivity index (χ4v) is 1.76. The zero-order valence-corrected chi connectivity index (χ0v) is 11.9. The maximum atomic E-state index is 13.3. The molecule has 0 unspecified atom stereocenters. The lowest BCUT2D eigenvalue weighted by molar-refractivity contribution is 0.102. The fourth-order valence-electron chi connectivity index (χ4n) is 1.76. The van der Waals surface area contributed by atoms with Gasteiger partial charge < -0.3 is 15.8 Å². The molecule has 0 spiro atoms. The van der Waals surface area contributed by atoms with Crippen LogP contribution in [0.15, 0.2) is 42.5 Å². The highest BCUT2D eigenvalue weighted by atomic mass is 19.1. The molecule has 0 saturated carbocycles. The molecule has 0 aliphatic carbocycles. The van der Waals surface area contributed by atoms with Gasteiger partial charge in [-0.05, 0) is 56.3 Å². The van der Waals surface area contributed by atoms with E-state index in [0.29, 0.717) is 5.69 Å². The minimum atomic E-state index is -0.608. The second kappa shape index (κ2) is 6.26. The number of benzene rings is 2. The van der Waals surface area contributed by atoms with Crippen LogP contribution in [0.3, 0.4) is 0 Å². The van der Waals surface area contributed by atoms with E-state index in [1.807, 2.05) is 13.8 Å². The van der Waals surface area contributed by atoms with E-state index in [1.165, 1.54) is 12.1 Å². The van der Waals surface area contributed by atoms with Crippen LogP contribution in [0.25, 0.3) is 0 Å². The van der Waals surface area contributed by atoms with Crippen LogP contribution in [-0.2, 0) is 0 Å². The molecule has 21 heavy (non-hydrogen) atoms. The van der Waals surface area contributed by atoms with E-state index in [-0.39, 0.29) is 17.4 Å². The molecule has 0 bridgehead atoms. The second-order valence-corrected chi connectivity index (χ2v) is 4.88. The van der Waals surface area contributed by atoms with Gasteiger partial charge in [-0.15, -0.1) is 0 Å². The van der Waals surface area contributed by atoms with Crippen molar-refractivity contribution in [1.29, 1.82) is 0 Å². The molecule has 0 aliphatic rings. The molecule has 2 aromatic carbocycles. The first-order valence-electron chi connectivity index (χ1n) is 6.59. The minimum Gasteiger partial charge on any atom is -0.491 e. The van der Waals surface area contributed by atoms with Gasteiger partial charge in [0.25, 0.3) is 5.91 Å². The largest absolute Gasteiger partial charge is 0.491 e. The zero-order chi connectivity index (χ0) is 15.4. The molecular formula is C16H17FN2O2. The lowest BCUT2D eigenvalue weighted by Gasteiger charge is -2.10. The standard InChI is InChI=1S/C16H17FN2O2/c1-10(2)21-13-6-4-12(5-7-13)19-16(20)11-3-8-15(18)14(17)9-11/h3-10H,18H2,1-2H3,(H,19,20). The fraction of sp³-hybridized carbons (Fsp3) is 0.188. The second-order valence-electron chi connectivity index (χ2n) is 4.88. The molecule has 1 amide bonds. The zero-order valence-electron chi connectivity index (χ0n) is 11.9. The molecule has 5 heteroatoms. The van der Waals surface area contributed by atoms with E-state index < -0.39 is 11.7 Å². The third-order valence-electron chi connectivity index (χ3n) is 2.75. The molecule has 0 heterocycles. The van der Waals surface area contributed by atoms with Gasteiger partial charge in [-0.3, -0.25) is 4.79 Å². The molecule has 2 aromatic rings. The van der Waals surface area contributed by atoms with E-state index in [4.69, 9.17) is 10.5 Å². The first kappa shape index (κ1) is 14.8. The van der Waals surface area contributed by atoms with Crippen LogP contribution in [0, 0.1) is 5.82 Å². The molecular weight excluding hydrogens is 271 g/mol. The monoisotopic (exact) mass is 288 g/mol. The van der Waals surface area contributed by atoms with Gasteiger partial charge >= 0.3 is 0 Å². The smallest absolute Gasteiger partial charge is 0.255 e. The summed E-state index contributed by atoms with van der Waals surface area (Å²) >= 11 is 0. The molecule has 3 N–H and O–H groups in total. The quantitative estimate of drug-likeness (QED) is 0.847. The maximum absolute atomic E-state index is 13.3. The third kappa shape index (κ3) is 3.95. The summed E-state index contributed by atoms with van der Waals surface area (Å²) in [6.07, 6.45) is 0.0863. The number of nitrogens with one attached hydrogen (secondary N) is 1. The Labute approximate surface area is 122 Å². The van der Waals surface area contributed by atoms with Gasteiger partial charge in [0.1, 0.15) is 11.6 Å². The van der Waals surface area contributed by atoms with Crippen molar-refractivity contribution in [3.8, 4) is 5.75 Å². The Hall–Kier alpha value is -2.56. The Morgan fingerprint density at radius 2 is 1.86 bits per heavy atom. The Morgan fingerprint density at radius 1 is 1.19 bits per heavy atom. The maximum Gasteiger partial charge on any atom is 0.255 e. The number of hydrogen-bond acceptors (Lipinski definition) is 3. The van der Waals surface area contributed by atoms with E-state index in [1.54, 1.807) is 24.3 Å². The average molecular weight is 288 g/mol. The molecule has 0 aromatic heterocycles. The van der Waals surface area contributed by atoms with Crippen molar-refractivity contribution in [2.75, 3.05) is 11.1 Å². The van der Waals surface area contributed by atoms with Crippen LogP contribution >= 0.6 is 0 Å². The molecule has 4 nitrogen and oxygen atoms in total. The van der Waals surface area contributed by atoms with Crippen LogP contribution in [-0.4, -0.2) is 12.0 Å². The van der Waals surface area contributed by atoms with E-state index in [9.17, 15) is 9.18 Å². The summed E-state index contributed by atoms with van der Waals surface area (Å²) in [5.74, 6) is -0.281. The number of nitrogens with two attached hydrogens (primary N) is 1. The van der Waals surface area contributed by atoms with Crippen molar-refractivity contribution in [2.24, 2.45) is 0 Å². The Balaban J connectivity index is 2.06. The van der Waals surface area contributed by atoms with Crippen molar-refractivity contribution in [3.63, 3.8) is 0 Å². The van der Waals surface area contributed by atoms with Crippen LogP contribution < -0.4 is 15.8 Å². The van der Waals surface area contributed by atoms with Gasteiger partial charge in [0.2, 0.25) is 0 Å². The summed E-state index contributed by atoms with van der Waals surface area (Å²) in [4.78, 5) is 12.0. The SMILES string of the molecule is CC(C)Oc1ccc(NC(=O)c2ccc(N)c(F)c2)cc1. The van der Waals surface area contributed by atoms with Gasteiger partial charge in [-0.1, -0.05) is 0 Å². The highest BCUT2D eigenvalue weighted by Gasteiger charge is 2.09. The predicted octanol–water partition coefficient (Wildman–Crippen LogP) is 3.45. The molecule has 0 aliphatic heterocycles. The Morgan fingerprint density at radius 3 is 2.43 bits per heavy atom. The number of halogens is 1. The lowest BCUT2D eigenvalue weighted by Crippen LogP contribution is -2.12. The van der Waals surface area contributed by atoms with Gasteiger partial charge in [-0.25, -0.2) is 4.39 Å². The molecule has 110 valence electrons. The van der Waals surface area contributed by atoms with Crippen molar-refractivity contribution in [3.05, 3.63) is 53.8 Å². The number of hydrogen-bond donors (Lipinski definition) is 2. The molecule has 0 radical (unpaired) electrons. The van der Waals surface area contributed by atoms with E-state index >= 15 is 0 Å². The van der Waals surface area contributed by atoms with E-state index in [0.717, 1.165) is 11.8 Å². The van der Waals surface area contributed by atoms with Gasteiger partial charge in [-0.2, -0.15) is 0 Å². The first-order valence-corrected chi connectivity index (χ1v) is 6.59. The number of amides is 1. The van der Waals surface area contributed by atoms with E-state index in [2.05, 4.69) is 5.32 Å². The summed E-state index contributed by atoms with van der Waals surface area (Å²) in [6.45, 7) is 3.87. The van der Waals surface area contributed by atoms with Crippen molar-refractivity contribution in [2.45, 2.75) is 20.0 Å². The molecule has 0 fully saturated rings. The molecule has 0 saturated heterocycles. The summed E-state index contributed by atoms with van der Waals surface area (Å²) in [5.41, 5.74) is 6.21. The van der Waals surface area contributed by atoms with Crippen molar-refractivity contribution >= 4 is 17.3 Å². The average Bonchev–Trinajstić information content (AvgIpc) is 2.43. The normalized spacial score (nSPS) is 10.5. The topological polar surface area (TPSA) is 64.3 Å². The Kier molecular flexibility index (Phi) is 4.42. The highest BCUT2D eigenvalue weighted by molar-refractivity contribution is 6.04. The summed E-state index contributed by atoms with van der Waals surface area (Å²) < 4.78 is 18.8. The summed E-state index contributed by atoms with van der Waals surface area (Å²) in [7, 11) is 0. The molecule has 0 atom stereocenters. The van der Waals surface area contributed by atoms with Gasteiger partial charge in [0, 0.05) is 11.3 Å². The first-order chi connectivity index (χ1) is 9.95. The Bertz CT molecular complexity index is 639. The third-order valence-corrected chi connectivity index (χ3v) is 2.75. The summed E-state index contributed by atoms with van der Waals surface area (Å²) in [5, 5.41) is 2.68. The van der Waals surface area contributed by atoms with Crippen LogP contribution in [0.1, 0.15) is 24.2 Å². The number of carbonyl (C=O) groups is 1. The lowest BCUT2D eigenvalue weighted by atomic mass is 10.2.